The molecule has 0 fully saturated rings. The first-order valence-corrected chi connectivity index (χ1v) is 8.43. The summed E-state index contributed by atoms with van der Waals surface area (Å²) in [7, 11) is 0. The van der Waals surface area contributed by atoms with Crippen molar-refractivity contribution < 1.29 is 4.79 Å². The van der Waals surface area contributed by atoms with E-state index < -0.39 is 0 Å². The van der Waals surface area contributed by atoms with Gasteiger partial charge in [-0.3, -0.25) is 4.79 Å². The summed E-state index contributed by atoms with van der Waals surface area (Å²) in [4.78, 5) is 14.9. The highest BCUT2D eigenvalue weighted by atomic mass is 16.2. The van der Waals surface area contributed by atoms with Crippen molar-refractivity contribution >= 4 is 5.91 Å². The van der Waals surface area contributed by atoms with Crippen LogP contribution in [0.15, 0.2) is 24.3 Å². The van der Waals surface area contributed by atoms with Crippen molar-refractivity contribution in [3.8, 4) is 0 Å². The summed E-state index contributed by atoms with van der Waals surface area (Å²) in [6.45, 7) is 6.39. The number of benzene rings is 1. The molecule has 1 aliphatic heterocycles. The minimum atomic E-state index is 0.0187. The second kappa shape index (κ2) is 5.48. The Bertz CT molecular complexity index is 749. The highest BCUT2D eigenvalue weighted by Crippen LogP contribution is 2.35. The maximum Gasteiger partial charge on any atom is 0.230 e. The molecule has 120 valence electrons. The maximum atomic E-state index is 13.0. The van der Waals surface area contributed by atoms with Crippen LogP contribution in [-0.2, 0) is 24.3 Å². The van der Waals surface area contributed by atoms with E-state index in [0.29, 0.717) is 12.5 Å². The highest BCUT2D eigenvalue weighted by molar-refractivity contribution is 5.85. The van der Waals surface area contributed by atoms with Crippen LogP contribution in [0, 0.1) is 0 Å². The first-order valence-electron chi connectivity index (χ1n) is 8.43. The average molecular weight is 310 g/mol. The Labute approximate surface area is 136 Å². The Morgan fingerprint density at radius 2 is 2.04 bits per heavy atom. The summed E-state index contributed by atoms with van der Waals surface area (Å²) in [6.07, 6.45) is 1.94. The molecule has 0 saturated carbocycles. The average Bonchev–Trinajstić information content (AvgIpc) is 3.17. The van der Waals surface area contributed by atoms with Crippen molar-refractivity contribution in [2.75, 3.05) is 6.54 Å². The lowest BCUT2D eigenvalue weighted by atomic mass is 9.99. The van der Waals surface area contributed by atoms with Gasteiger partial charge < -0.3 is 9.47 Å². The van der Waals surface area contributed by atoms with E-state index in [0.717, 1.165) is 37.6 Å². The number of nitrogens with zero attached hydrogens (tertiary/aromatic N) is 4. The summed E-state index contributed by atoms with van der Waals surface area (Å²) < 4.78 is 2.18. The summed E-state index contributed by atoms with van der Waals surface area (Å²) in [5.41, 5.74) is 2.54. The molecular formula is C18H22N4O. The van der Waals surface area contributed by atoms with Crippen LogP contribution in [0.5, 0.6) is 0 Å². The van der Waals surface area contributed by atoms with Gasteiger partial charge in [-0.15, -0.1) is 10.2 Å². The molecule has 0 N–H and O–H groups in total. The van der Waals surface area contributed by atoms with E-state index in [-0.39, 0.29) is 11.8 Å². The number of rotatable bonds is 2. The van der Waals surface area contributed by atoms with E-state index in [4.69, 9.17) is 0 Å². The SMILES string of the molecule is CC(C)c1nnc2n1CCN(C(=O)C1CCc3ccccc31)C2. The van der Waals surface area contributed by atoms with E-state index in [1.54, 1.807) is 0 Å². The fraction of sp³-hybridized carbons (Fsp3) is 0.500. The van der Waals surface area contributed by atoms with Gasteiger partial charge in [0.05, 0.1) is 12.5 Å². The molecule has 1 unspecified atom stereocenters. The molecule has 5 nitrogen and oxygen atoms in total. The number of carbonyl (C=O) groups is 1. The summed E-state index contributed by atoms with van der Waals surface area (Å²) in [6, 6.07) is 8.34. The number of hydrogen-bond donors (Lipinski definition) is 0. The Hall–Kier alpha value is -2.17. The minimum Gasteiger partial charge on any atom is -0.333 e. The third kappa shape index (κ3) is 2.35. The normalized spacial score (nSPS) is 19.8. The predicted octanol–water partition coefficient (Wildman–Crippen LogP) is 2.47. The van der Waals surface area contributed by atoms with Gasteiger partial charge in [-0.1, -0.05) is 38.1 Å². The Morgan fingerprint density at radius 1 is 1.22 bits per heavy atom. The molecule has 1 atom stereocenters. The number of aromatic nitrogens is 3. The topological polar surface area (TPSA) is 51.0 Å². The van der Waals surface area contributed by atoms with Gasteiger partial charge in [0.25, 0.3) is 0 Å². The van der Waals surface area contributed by atoms with E-state index in [1.807, 2.05) is 11.0 Å². The van der Waals surface area contributed by atoms with Crippen molar-refractivity contribution in [2.45, 2.75) is 51.6 Å². The summed E-state index contributed by atoms with van der Waals surface area (Å²) >= 11 is 0. The Balaban J connectivity index is 1.55. The molecule has 0 radical (unpaired) electrons. The van der Waals surface area contributed by atoms with Crippen LogP contribution in [0.1, 0.15) is 54.9 Å². The monoisotopic (exact) mass is 310 g/mol. The lowest BCUT2D eigenvalue weighted by molar-refractivity contribution is -0.134. The maximum absolute atomic E-state index is 13.0. The Morgan fingerprint density at radius 3 is 2.87 bits per heavy atom. The van der Waals surface area contributed by atoms with E-state index in [2.05, 4.69) is 46.8 Å². The third-order valence-corrected chi connectivity index (χ3v) is 5.04. The highest BCUT2D eigenvalue weighted by Gasteiger charge is 2.34. The first kappa shape index (κ1) is 14.4. The van der Waals surface area contributed by atoms with E-state index in [1.165, 1.54) is 11.1 Å². The molecule has 0 bridgehead atoms. The molecule has 1 aliphatic carbocycles. The first-order chi connectivity index (χ1) is 11.1. The molecule has 1 aromatic heterocycles. The van der Waals surface area contributed by atoms with Gasteiger partial charge in [0.1, 0.15) is 5.82 Å². The van der Waals surface area contributed by atoms with Crippen LogP contribution in [0.4, 0.5) is 0 Å². The van der Waals surface area contributed by atoms with Crippen LogP contribution >= 0.6 is 0 Å². The van der Waals surface area contributed by atoms with E-state index >= 15 is 0 Å². The third-order valence-electron chi connectivity index (χ3n) is 5.04. The van der Waals surface area contributed by atoms with Crippen molar-refractivity contribution in [3.63, 3.8) is 0 Å². The standard InChI is InChI=1S/C18H22N4O/c1-12(2)17-20-19-16-11-21(9-10-22(16)17)18(23)15-8-7-13-5-3-4-6-14(13)15/h3-6,12,15H,7-11H2,1-2H3. The predicted molar refractivity (Wildman–Crippen MR) is 87.0 cm³/mol. The molecule has 0 spiro atoms. The van der Waals surface area contributed by atoms with Gasteiger partial charge in [-0.05, 0) is 24.0 Å². The summed E-state index contributed by atoms with van der Waals surface area (Å²) in [5.74, 6) is 2.57. The molecule has 2 aliphatic rings. The number of aryl methyl sites for hydroxylation is 1. The van der Waals surface area contributed by atoms with Gasteiger partial charge >= 0.3 is 0 Å². The lowest BCUT2D eigenvalue weighted by Gasteiger charge is -2.30. The quantitative estimate of drug-likeness (QED) is 0.856. The van der Waals surface area contributed by atoms with Crippen molar-refractivity contribution in [1.82, 2.24) is 19.7 Å². The largest absolute Gasteiger partial charge is 0.333 e. The minimum absolute atomic E-state index is 0.0187. The number of carbonyl (C=O) groups excluding carboxylic acids is 1. The molecule has 0 saturated heterocycles. The molecule has 5 heteroatoms. The number of amides is 1. The number of hydrogen-bond acceptors (Lipinski definition) is 3. The van der Waals surface area contributed by atoms with Crippen LogP contribution in [0.3, 0.4) is 0 Å². The number of fused-ring (bicyclic) bond motifs is 2. The van der Waals surface area contributed by atoms with Crippen LogP contribution in [0.2, 0.25) is 0 Å². The molecule has 2 heterocycles. The summed E-state index contributed by atoms with van der Waals surface area (Å²) in [5, 5.41) is 8.60. The van der Waals surface area contributed by atoms with Crippen LogP contribution in [0.25, 0.3) is 0 Å². The zero-order valence-electron chi connectivity index (χ0n) is 13.7. The molecule has 2 aromatic rings. The lowest BCUT2D eigenvalue weighted by Crippen LogP contribution is -2.41. The fourth-order valence-corrected chi connectivity index (χ4v) is 3.83. The molecular weight excluding hydrogens is 288 g/mol. The van der Waals surface area contributed by atoms with Crippen molar-refractivity contribution in [3.05, 3.63) is 47.0 Å². The zero-order valence-corrected chi connectivity index (χ0v) is 13.7. The van der Waals surface area contributed by atoms with Gasteiger partial charge in [-0.25, -0.2) is 0 Å². The fourth-order valence-electron chi connectivity index (χ4n) is 3.83. The zero-order chi connectivity index (χ0) is 16.0. The van der Waals surface area contributed by atoms with Crippen LogP contribution < -0.4 is 0 Å². The molecule has 1 aromatic carbocycles. The second-order valence-corrected chi connectivity index (χ2v) is 6.83. The van der Waals surface area contributed by atoms with Crippen LogP contribution in [-0.4, -0.2) is 32.1 Å². The van der Waals surface area contributed by atoms with Gasteiger partial charge in [0.15, 0.2) is 5.82 Å². The molecule has 1 amide bonds. The van der Waals surface area contributed by atoms with Crippen molar-refractivity contribution in [1.29, 1.82) is 0 Å². The Kier molecular flexibility index (Phi) is 3.43. The van der Waals surface area contributed by atoms with Crippen molar-refractivity contribution in [2.24, 2.45) is 0 Å². The van der Waals surface area contributed by atoms with Gasteiger partial charge in [-0.2, -0.15) is 0 Å². The molecule has 23 heavy (non-hydrogen) atoms. The van der Waals surface area contributed by atoms with E-state index in [9.17, 15) is 4.79 Å². The molecule has 4 rings (SSSR count). The smallest absolute Gasteiger partial charge is 0.230 e. The van der Waals surface area contributed by atoms with Gasteiger partial charge in [0.2, 0.25) is 5.91 Å². The second-order valence-electron chi connectivity index (χ2n) is 6.83. The van der Waals surface area contributed by atoms with Gasteiger partial charge in [0, 0.05) is 19.0 Å².